The van der Waals surface area contributed by atoms with Gasteiger partial charge in [0, 0.05) is 32.2 Å². The second-order valence-electron chi connectivity index (χ2n) is 6.98. The summed E-state index contributed by atoms with van der Waals surface area (Å²) >= 11 is 3.49. The Balaban J connectivity index is 1.67. The molecule has 2 heterocycles. The van der Waals surface area contributed by atoms with E-state index in [9.17, 15) is 0 Å². The van der Waals surface area contributed by atoms with Crippen LogP contribution in [0.2, 0.25) is 0 Å². The highest BCUT2D eigenvalue weighted by atomic mass is 32.2. The normalized spacial score (nSPS) is 14.4. The van der Waals surface area contributed by atoms with Crippen LogP contribution in [0.15, 0.2) is 57.6 Å². The van der Waals surface area contributed by atoms with Gasteiger partial charge in [0.05, 0.1) is 17.1 Å². The van der Waals surface area contributed by atoms with Crippen LogP contribution in [0.25, 0.3) is 11.3 Å². The van der Waals surface area contributed by atoms with Crippen LogP contribution in [-0.2, 0) is 5.41 Å². The Morgan fingerprint density at radius 3 is 2.64 bits per heavy atom. The van der Waals surface area contributed by atoms with E-state index in [1.165, 1.54) is 9.79 Å². The molecule has 0 amide bonds. The predicted octanol–water partition coefficient (Wildman–Crippen LogP) is 5.64. The minimum atomic E-state index is -0.121. The minimum Gasteiger partial charge on any atom is -0.354 e. The van der Waals surface area contributed by atoms with Crippen LogP contribution in [0.1, 0.15) is 25.8 Å². The molecule has 3 nitrogen and oxygen atoms in total. The zero-order chi connectivity index (χ0) is 17.6. The summed E-state index contributed by atoms with van der Waals surface area (Å²) in [7, 11) is 0. The molecular formula is C20H21N3S2. The molecule has 25 heavy (non-hydrogen) atoms. The van der Waals surface area contributed by atoms with E-state index in [1.54, 1.807) is 23.1 Å². The third-order valence-corrected chi connectivity index (χ3v) is 7.18. The first kappa shape index (κ1) is 16.6. The van der Waals surface area contributed by atoms with Gasteiger partial charge in [-0.3, -0.25) is 0 Å². The first-order valence-corrected chi connectivity index (χ1v) is 10.0. The minimum absolute atomic E-state index is 0.0598. The number of para-hydroxylation sites is 1. The van der Waals surface area contributed by atoms with Gasteiger partial charge in [-0.25, -0.2) is 4.98 Å². The molecule has 0 fully saturated rings. The number of anilines is 2. The molecule has 3 aromatic rings. The second kappa shape index (κ2) is 6.16. The number of thiazole rings is 1. The van der Waals surface area contributed by atoms with Crippen molar-refractivity contribution in [2.24, 2.45) is 5.73 Å². The number of nitrogens with two attached hydrogens (primary N) is 1. The third kappa shape index (κ3) is 2.97. The van der Waals surface area contributed by atoms with E-state index in [0.717, 1.165) is 27.6 Å². The Hall–Kier alpha value is -1.82. The monoisotopic (exact) mass is 367 g/mol. The van der Waals surface area contributed by atoms with Gasteiger partial charge in [-0.2, -0.15) is 0 Å². The standard InChI is InChI=1S/C20H21N3S2/c1-12(21)20(2,3)19-23-16(11-24-19)13-8-9-18-15(10-13)22-14-6-4-5-7-17(14)25-18/h4-12,22H,21H2,1-3H3. The molecule has 1 aliphatic heterocycles. The van der Waals surface area contributed by atoms with Gasteiger partial charge in [-0.05, 0) is 31.2 Å². The molecule has 4 rings (SSSR count). The molecule has 0 saturated carbocycles. The summed E-state index contributed by atoms with van der Waals surface area (Å²) in [5, 5.41) is 6.76. The smallest absolute Gasteiger partial charge is 0.100 e. The molecule has 1 aromatic heterocycles. The van der Waals surface area contributed by atoms with Gasteiger partial charge in [0.2, 0.25) is 0 Å². The van der Waals surface area contributed by atoms with Crippen molar-refractivity contribution in [1.29, 1.82) is 0 Å². The van der Waals surface area contributed by atoms with Crippen molar-refractivity contribution in [3.63, 3.8) is 0 Å². The zero-order valence-corrected chi connectivity index (χ0v) is 16.2. The lowest BCUT2D eigenvalue weighted by Crippen LogP contribution is -2.38. The molecular weight excluding hydrogens is 346 g/mol. The first-order chi connectivity index (χ1) is 11.9. The lowest BCUT2D eigenvalue weighted by atomic mass is 9.87. The van der Waals surface area contributed by atoms with Crippen molar-refractivity contribution < 1.29 is 0 Å². The van der Waals surface area contributed by atoms with Crippen LogP contribution in [0.5, 0.6) is 0 Å². The first-order valence-electron chi connectivity index (χ1n) is 8.35. The van der Waals surface area contributed by atoms with Crippen molar-refractivity contribution >= 4 is 34.5 Å². The topological polar surface area (TPSA) is 50.9 Å². The van der Waals surface area contributed by atoms with Crippen LogP contribution in [-0.4, -0.2) is 11.0 Å². The van der Waals surface area contributed by atoms with Crippen LogP contribution in [0.3, 0.4) is 0 Å². The molecule has 5 heteroatoms. The highest BCUT2D eigenvalue weighted by molar-refractivity contribution is 7.99. The molecule has 0 aliphatic carbocycles. The number of nitrogens with zero attached hydrogens (tertiary/aromatic N) is 1. The van der Waals surface area contributed by atoms with Crippen molar-refractivity contribution in [3.8, 4) is 11.3 Å². The SMILES string of the molecule is CC(N)C(C)(C)c1nc(-c2ccc3c(c2)Nc2ccccc2S3)cs1. The lowest BCUT2D eigenvalue weighted by molar-refractivity contribution is 0.432. The Morgan fingerprint density at radius 2 is 1.84 bits per heavy atom. The van der Waals surface area contributed by atoms with Crippen LogP contribution in [0, 0.1) is 0 Å². The van der Waals surface area contributed by atoms with E-state index in [1.807, 2.05) is 6.92 Å². The highest BCUT2D eigenvalue weighted by Crippen LogP contribution is 2.45. The van der Waals surface area contributed by atoms with Gasteiger partial charge < -0.3 is 11.1 Å². The van der Waals surface area contributed by atoms with E-state index < -0.39 is 0 Å². The number of hydrogen-bond donors (Lipinski definition) is 2. The summed E-state index contributed by atoms with van der Waals surface area (Å²) in [6.45, 7) is 6.35. The predicted molar refractivity (Wildman–Crippen MR) is 108 cm³/mol. The number of fused-ring (bicyclic) bond motifs is 2. The Labute approximate surface area is 156 Å². The summed E-state index contributed by atoms with van der Waals surface area (Å²) in [6.07, 6.45) is 0. The molecule has 0 bridgehead atoms. The second-order valence-corrected chi connectivity index (χ2v) is 8.92. The van der Waals surface area contributed by atoms with Crippen molar-refractivity contribution in [1.82, 2.24) is 4.98 Å². The summed E-state index contributed by atoms with van der Waals surface area (Å²) in [5.74, 6) is 0. The molecule has 1 unspecified atom stereocenters. The Morgan fingerprint density at radius 1 is 1.08 bits per heavy atom. The lowest BCUT2D eigenvalue weighted by Gasteiger charge is -2.26. The van der Waals surface area contributed by atoms with E-state index in [-0.39, 0.29) is 11.5 Å². The van der Waals surface area contributed by atoms with Gasteiger partial charge in [-0.15, -0.1) is 11.3 Å². The number of nitrogens with one attached hydrogen (secondary N) is 1. The van der Waals surface area contributed by atoms with E-state index in [0.29, 0.717) is 0 Å². The van der Waals surface area contributed by atoms with E-state index in [4.69, 9.17) is 10.7 Å². The number of benzene rings is 2. The molecule has 3 N–H and O–H groups in total. The maximum absolute atomic E-state index is 6.14. The molecule has 2 aromatic carbocycles. The molecule has 1 atom stereocenters. The van der Waals surface area contributed by atoms with Gasteiger partial charge >= 0.3 is 0 Å². The van der Waals surface area contributed by atoms with Crippen molar-refractivity contribution in [2.45, 2.75) is 42.0 Å². The van der Waals surface area contributed by atoms with E-state index >= 15 is 0 Å². The van der Waals surface area contributed by atoms with Crippen LogP contribution < -0.4 is 11.1 Å². The largest absolute Gasteiger partial charge is 0.354 e. The fourth-order valence-electron chi connectivity index (χ4n) is 2.70. The van der Waals surface area contributed by atoms with Gasteiger partial charge in [-0.1, -0.05) is 43.8 Å². The van der Waals surface area contributed by atoms with Gasteiger partial charge in [0.15, 0.2) is 0 Å². The number of aromatic nitrogens is 1. The maximum atomic E-state index is 6.14. The van der Waals surface area contributed by atoms with Crippen molar-refractivity contribution in [3.05, 3.63) is 52.9 Å². The fourth-order valence-corrected chi connectivity index (χ4v) is 4.72. The van der Waals surface area contributed by atoms with Gasteiger partial charge in [0.25, 0.3) is 0 Å². The molecule has 0 radical (unpaired) electrons. The fraction of sp³-hybridized carbons (Fsp3) is 0.250. The summed E-state index contributed by atoms with van der Waals surface area (Å²) in [6, 6.07) is 15.0. The molecule has 0 spiro atoms. The third-order valence-electron chi connectivity index (χ3n) is 4.85. The summed E-state index contributed by atoms with van der Waals surface area (Å²) in [5.41, 5.74) is 10.5. The number of hydrogen-bond acceptors (Lipinski definition) is 5. The Kier molecular flexibility index (Phi) is 4.10. The highest BCUT2D eigenvalue weighted by Gasteiger charge is 2.29. The molecule has 128 valence electrons. The van der Waals surface area contributed by atoms with Crippen molar-refractivity contribution in [2.75, 3.05) is 5.32 Å². The van der Waals surface area contributed by atoms with Crippen LogP contribution in [0.4, 0.5) is 11.4 Å². The van der Waals surface area contributed by atoms with Crippen LogP contribution >= 0.6 is 23.1 Å². The summed E-state index contributed by atoms with van der Waals surface area (Å²) < 4.78 is 0. The average molecular weight is 368 g/mol. The maximum Gasteiger partial charge on any atom is 0.100 e. The quantitative estimate of drug-likeness (QED) is 0.492. The molecule has 1 aliphatic rings. The number of rotatable bonds is 3. The van der Waals surface area contributed by atoms with E-state index in [2.05, 4.69) is 67.0 Å². The summed E-state index contributed by atoms with van der Waals surface area (Å²) in [4.78, 5) is 7.38. The van der Waals surface area contributed by atoms with Gasteiger partial charge in [0.1, 0.15) is 5.01 Å². The average Bonchev–Trinajstić information content (AvgIpc) is 3.10. The Bertz CT molecular complexity index is 928. The molecule has 0 saturated heterocycles. The zero-order valence-electron chi connectivity index (χ0n) is 14.5.